The lowest BCUT2D eigenvalue weighted by molar-refractivity contribution is 0.0921. The van der Waals surface area contributed by atoms with Crippen molar-refractivity contribution in [1.82, 2.24) is 10.3 Å². The monoisotopic (exact) mass is 315 g/mol. The highest BCUT2D eigenvalue weighted by Gasteiger charge is 2.21. The van der Waals surface area contributed by atoms with Gasteiger partial charge >= 0.3 is 0 Å². The SMILES string of the molecule is NC1CCC(NC(=O)c2csc(Cc3ccccc3)n2)CC1. The zero-order valence-corrected chi connectivity index (χ0v) is 13.3. The molecule has 0 unspecified atom stereocenters. The van der Waals surface area contributed by atoms with Crippen LogP contribution in [0.5, 0.6) is 0 Å². The Hall–Kier alpha value is -1.72. The van der Waals surface area contributed by atoms with Crippen molar-refractivity contribution in [2.75, 3.05) is 0 Å². The van der Waals surface area contributed by atoms with E-state index < -0.39 is 0 Å². The van der Waals surface area contributed by atoms with Crippen LogP contribution in [0.2, 0.25) is 0 Å². The molecule has 1 aliphatic carbocycles. The number of nitrogens with one attached hydrogen (secondary N) is 1. The molecule has 0 atom stereocenters. The fourth-order valence-corrected chi connectivity index (χ4v) is 3.60. The third kappa shape index (κ3) is 3.93. The fourth-order valence-electron chi connectivity index (χ4n) is 2.79. The molecule has 3 N–H and O–H groups in total. The minimum absolute atomic E-state index is 0.0592. The van der Waals surface area contributed by atoms with Gasteiger partial charge in [-0.3, -0.25) is 4.79 Å². The van der Waals surface area contributed by atoms with Gasteiger partial charge in [0.2, 0.25) is 0 Å². The van der Waals surface area contributed by atoms with Crippen LogP contribution in [-0.4, -0.2) is 23.0 Å². The van der Waals surface area contributed by atoms with Gasteiger partial charge in [0.25, 0.3) is 5.91 Å². The molecule has 0 saturated heterocycles. The van der Waals surface area contributed by atoms with Gasteiger partial charge in [-0.15, -0.1) is 11.3 Å². The summed E-state index contributed by atoms with van der Waals surface area (Å²) in [5.41, 5.74) is 7.64. The average molecular weight is 315 g/mol. The van der Waals surface area contributed by atoms with Gasteiger partial charge in [0.05, 0.1) is 5.01 Å². The quantitative estimate of drug-likeness (QED) is 0.911. The molecule has 1 saturated carbocycles. The standard InChI is InChI=1S/C17H21N3OS/c18-13-6-8-14(9-7-13)19-17(21)15-11-22-16(20-15)10-12-4-2-1-3-5-12/h1-5,11,13-14H,6-10,18H2,(H,19,21). The van der Waals surface area contributed by atoms with Gasteiger partial charge in [-0.05, 0) is 31.2 Å². The van der Waals surface area contributed by atoms with Crippen LogP contribution < -0.4 is 11.1 Å². The first kappa shape index (κ1) is 15.2. The lowest BCUT2D eigenvalue weighted by atomic mass is 9.92. The highest BCUT2D eigenvalue weighted by atomic mass is 32.1. The van der Waals surface area contributed by atoms with Crippen LogP contribution in [0.3, 0.4) is 0 Å². The molecule has 116 valence electrons. The number of nitrogens with two attached hydrogens (primary N) is 1. The molecule has 1 aromatic carbocycles. The molecule has 1 aliphatic rings. The summed E-state index contributed by atoms with van der Waals surface area (Å²) in [6.45, 7) is 0. The maximum Gasteiger partial charge on any atom is 0.270 e. The van der Waals surface area contributed by atoms with Crippen LogP contribution in [0, 0.1) is 0 Å². The molecule has 1 amide bonds. The Morgan fingerprint density at radius 2 is 1.95 bits per heavy atom. The molecule has 0 aliphatic heterocycles. The molecule has 3 rings (SSSR count). The predicted molar refractivity (Wildman–Crippen MR) is 89.1 cm³/mol. The number of nitrogens with zero attached hydrogens (tertiary/aromatic N) is 1. The molecular formula is C17H21N3OS. The first-order valence-electron chi connectivity index (χ1n) is 7.75. The van der Waals surface area contributed by atoms with Crippen molar-refractivity contribution in [2.45, 2.75) is 44.2 Å². The Morgan fingerprint density at radius 3 is 2.68 bits per heavy atom. The number of hydrogen-bond acceptors (Lipinski definition) is 4. The number of benzene rings is 1. The fraction of sp³-hybridized carbons (Fsp3) is 0.412. The number of carbonyl (C=O) groups excluding carboxylic acids is 1. The Morgan fingerprint density at radius 1 is 1.23 bits per heavy atom. The van der Waals surface area contributed by atoms with E-state index in [2.05, 4.69) is 22.4 Å². The van der Waals surface area contributed by atoms with Gasteiger partial charge in [-0.1, -0.05) is 30.3 Å². The summed E-state index contributed by atoms with van der Waals surface area (Å²) in [4.78, 5) is 16.7. The molecule has 0 bridgehead atoms. The highest BCUT2D eigenvalue weighted by Crippen LogP contribution is 2.18. The van der Waals surface area contributed by atoms with E-state index in [0.29, 0.717) is 11.7 Å². The summed E-state index contributed by atoms with van der Waals surface area (Å²) < 4.78 is 0. The van der Waals surface area contributed by atoms with Gasteiger partial charge in [-0.25, -0.2) is 4.98 Å². The van der Waals surface area contributed by atoms with E-state index in [0.717, 1.165) is 37.1 Å². The molecule has 0 radical (unpaired) electrons. The van der Waals surface area contributed by atoms with Crippen molar-refractivity contribution >= 4 is 17.2 Å². The molecular weight excluding hydrogens is 294 g/mol. The third-order valence-electron chi connectivity index (χ3n) is 4.09. The Labute approximate surface area is 134 Å². The number of rotatable bonds is 4. The first-order valence-corrected chi connectivity index (χ1v) is 8.63. The van der Waals surface area contributed by atoms with Crippen molar-refractivity contribution in [3.8, 4) is 0 Å². The van der Waals surface area contributed by atoms with E-state index in [-0.39, 0.29) is 11.9 Å². The van der Waals surface area contributed by atoms with Gasteiger partial charge in [0.15, 0.2) is 0 Å². The van der Waals surface area contributed by atoms with E-state index >= 15 is 0 Å². The average Bonchev–Trinajstić information content (AvgIpc) is 2.99. The lowest BCUT2D eigenvalue weighted by Gasteiger charge is -2.26. The summed E-state index contributed by atoms with van der Waals surface area (Å²) in [6.07, 6.45) is 4.68. The van der Waals surface area contributed by atoms with Crippen LogP contribution in [0.4, 0.5) is 0 Å². The predicted octanol–water partition coefficient (Wildman–Crippen LogP) is 2.73. The van der Waals surface area contributed by atoms with Crippen LogP contribution in [-0.2, 0) is 6.42 Å². The molecule has 0 spiro atoms. The van der Waals surface area contributed by atoms with Gasteiger partial charge in [0, 0.05) is 23.9 Å². The number of thiazole rings is 1. The van der Waals surface area contributed by atoms with E-state index in [1.807, 2.05) is 23.6 Å². The summed E-state index contributed by atoms with van der Waals surface area (Å²) in [5.74, 6) is -0.0592. The van der Waals surface area contributed by atoms with Gasteiger partial charge in [0.1, 0.15) is 5.69 Å². The van der Waals surface area contributed by atoms with Crippen molar-refractivity contribution in [1.29, 1.82) is 0 Å². The molecule has 1 heterocycles. The Balaban J connectivity index is 1.57. The lowest BCUT2D eigenvalue weighted by Crippen LogP contribution is -2.40. The normalized spacial score (nSPS) is 21.5. The minimum Gasteiger partial charge on any atom is -0.348 e. The van der Waals surface area contributed by atoms with Crippen molar-refractivity contribution in [3.63, 3.8) is 0 Å². The molecule has 2 aromatic rings. The second-order valence-corrected chi connectivity index (χ2v) is 6.82. The van der Waals surface area contributed by atoms with Crippen LogP contribution >= 0.6 is 11.3 Å². The maximum atomic E-state index is 12.3. The number of hydrogen-bond donors (Lipinski definition) is 2. The second-order valence-electron chi connectivity index (χ2n) is 5.87. The minimum atomic E-state index is -0.0592. The summed E-state index contributed by atoms with van der Waals surface area (Å²) in [6, 6.07) is 10.7. The van der Waals surface area contributed by atoms with E-state index in [1.165, 1.54) is 5.56 Å². The highest BCUT2D eigenvalue weighted by molar-refractivity contribution is 7.09. The summed E-state index contributed by atoms with van der Waals surface area (Å²) in [7, 11) is 0. The zero-order valence-electron chi connectivity index (χ0n) is 12.5. The van der Waals surface area contributed by atoms with Crippen LogP contribution in [0.15, 0.2) is 35.7 Å². The van der Waals surface area contributed by atoms with Gasteiger partial charge in [-0.2, -0.15) is 0 Å². The van der Waals surface area contributed by atoms with Crippen LogP contribution in [0.25, 0.3) is 0 Å². The van der Waals surface area contributed by atoms with Crippen molar-refractivity contribution in [2.24, 2.45) is 5.73 Å². The molecule has 1 aromatic heterocycles. The van der Waals surface area contributed by atoms with Gasteiger partial charge < -0.3 is 11.1 Å². The summed E-state index contributed by atoms with van der Waals surface area (Å²) in [5, 5.41) is 5.91. The molecule has 5 heteroatoms. The maximum absolute atomic E-state index is 12.3. The van der Waals surface area contributed by atoms with E-state index in [1.54, 1.807) is 11.3 Å². The van der Waals surface area contributed by atoms with E-state index in [4.69, 9.17) is 5.73 Å². The number of amides is 1. The molecule has 22 heavy (non-hydrogen) atoms. The van der Waals surface area contributed by atoms with E-state index in [9.17, 15) is 4.79 Å². The van der Waals surface area contributed by atoms with Crippen LogP contribution in [0.1, 0.15) is 46.7 Å². The second kappa shape index (κ2) is 7.03. The molecule has 4 nitrogen and oxygen atoms in total. The number of carbonyl (C=O) groups is 1. The smallest absolute Gasteiger partial charge is 0.270 e. The first-order chi connectivity index (χ1) is 10.7. The largest absolute Gasteiger partial charge is 0.348 e. The van der Waals surface area contributed by atoms with Crippen molar-refractivity contribution in [3.05, 3.63) is 52.0 Å². The van der Waals surface area contributed by atoms with Crippen molar-refractivity contribution < 1.29 is 4.79 Å². The number of aromatic nitrogens is 1. The Kier molecular flexibility index (Phi) is 4.85. The Bertz CT molecular complexity index is 618. The summed E-state index contributed by atoms with van der Waals surface area (Å²) >= 11 is 1.54. The zero-order chi connectivity index (χ0) is 15.4. The molecule has 1 fully saturated rings. The third-order valence-corrected chi connectivity index (χ3v) is 4.94. The topological polar surface area (TPSA) is 68.0 Å².